The molecule has 10 heteroatoms. The summed E-state index contributed by atoms with van der Waals surface area (Å²) in [5.41, 5.74) is 4.08. The van der Waals surface area contributed by atoms with Crippen LogP contribution in [0.2, 0.25) is 0 Å². The molecule has 3 heterocycles. The fourth-order valence-corrected chi connectivity index (χ4v) is 5.45. The van der Waals surface area contributed by atoms with E-state index in [1.807, 2.05) is 12.1 Å². The van der Waals surface area contributed by atoms with E-state index in [-0.39, 0.29) is 0 Å². The third-order valence-electron chi connectivity index (χ3n) is 8.29. The van der Waals surface area contributed by atoms with Crippen LogP contribution in [0.1, 0.15) is 53.2 Å². The van der Waals surface area contributed by atoms with E-state index in [0.717, 1.165) is 61.7 Å². The Kier molecular flexibility index (Phi) is 8.94. The van der Waals surface area contributed by atoms with Crippen molar-refractivity contribution < 1.29 is 28.7 Å². The molecule has 2 atom stereocenters. The summed E-state index contributed by atoms with van der Waals surface area (Å²) in [6.45, 7) is 6.83. The molecule has 3 aliphatic rings. The number of hydrogen-bond donors (Lipinski definition) is 2. The first-order valence-corrected chi connectivity index (χ1v) is 14.3. The molecule has 1 spiro atoms. The summed E-state index contributed by atoms with van der Waals surface area (Å²) < 4.78 is 10.8. The molecule has 0 aliphatic carbocycles. The predicted octanol–water partition coefficient (Wildman–Crippen LogP) is 2.07. The monoisotopic (exact) mass is 574 g/mol. The number of rotatable bonds is 8. The summed E-state index contributed by atoms with van der Waals surface area (Å²) in [7, 11) is 2.82. The van der Waals surface area contributed by atoms with Crippen molar-refractivity contribution in [3.8, 4) is 11.8 Å². The SMILES string of the molecule is CNC(=O)C(C)(C(=O)NOC1CCCCO1)N(C)C(=O)c1ccc(C#Cc2ccc(CN3CC4(COC4)C3)cc2)cc1. The molecule has 2 aromatic carbocycles. The number of hydrogen-bond acceptors (Lipinski definition) is 7. The molecule has 0 aromatic heterocycles. The first-order valence-electron chi connectivity index (χ1n) is 14.3. The van der Waals surface area contributed by atoms with E-state index in [4.69, 9.17) is 14.3 Å². The lowest BCUT2D eigenvalue weighted by Crippen LogP contribution is -2.65. The number of benzene rings is 2. The van der Waals surface area contributed by atoms with E-state index in [0.29, 0.717) is 24.0 Å². The van der Waals surface area contributed by atoms with Crippen LogP contribution >= 0.6 is 0 Å². The summed E-state index contributed by atoms with van der Waals surface area (Å²) in [5.74, 6) is 4.37. The Balaban J connectivity index is 1.18. The van der Waals surface area contributed by atoms with E-state index in [9.17, 15) is 14.4 Å². The summed E-state index contributed by atoms with van der Waals surface area (Å²) in [6, 6.07) is 15.0. The molecule has 3 saturated heterocycles. The summed E-state index contributed by atoms with van der Waals surface area (Å²) in [6.07, 6.45) is 1.87. The summed E-state index contributed by atoms with van der Waals surface area (Å²) >= 11 is 0. The molecular formula is C32H38N4O6. The maximum absolute atomic E-state index is 13.4. The van der Waals surface area contributed by atoms with Gasteiger partial charge in [0.15, 0.2) is 11.8 Å². The van der Waals surface area contributed by atoms with Crippen molar-refractivity contribution in [1.29, 1.82) is 0 Å². The first kappa shape index (κ1) is 29.7. The van der Waals surface area contributed by atoms with E-state index in [1.165, 1.54) is 26.6 Å². The number of amides is 3. The molecule has 10 nitrogen and oxygen atoms in total. The van der Waals surface area contributed by atoms with Gasteiger partial charge in [-0.25, -0.2) is 10.3 Å². The highest BCUT2D eigenvalue weighted by Gasteiger charge is 2.49. The van der Waals surface area contributed by atoms with E-state index >= 15 is 0 Å². The van der Waals surface area contributed by atoms with Crippen molar-refractivity contribution in [3.63, 3.8) is 0 Å². The van der Waals surface area contributed by atoms with Crippen molar-refractivity contribution in [2.24, 2.45) is 5.41 Å². The van der Waals surface area contributed by atoms with Crippen LogP contribution in [-0.2, 0) is 30.4 Å². The van der Waals surface area contributed by atoms with Gasteiger partial charge < -0.3 is 19.7 Å². The third kappa shape index (κ3) is 6.35. The molecule has 2 N–H and O–H groups in total. The summed E-state index contributed by atoms with van der Waals surface area (Å²) in [5, 5.41) is 2.47. The number of ether oxygens (including phenoxy) is 2. The fourth-order valence-electron chi connectivity index (χ4n) is 5.45. The van der Waals surface area contributed by atoms with Gasteiger partial charge in [-0.2, -0.15) is 0 Å². The Morgan fingerprint density at radius 3 is 2.21 bits per heavy atom. The highest BCUT2D eigenvalue weighted by Crippen LogP contribution is 2.38. The summed E-state index contributed by atoms with van der Waals surface area (Å²) in [4.78, 5) is 48.2. The Morgan fingerprint density at radius 2 is 1.67 bits per heavy atom. The quantitative estimate of drug-likeness (QED) is 0.282. The lowest BCUT2D eigenvalue weighted by molar-refractivity contribution is -0.204. The lowest BCUT2D eigenvalue weighted by Gasteiger charge is -2.55. The average Bonchev–Trinajstić information content (AvgIpc) is 2.99. The zero-order chi connectivity index (χ0) is 29.7. The maximum atomic E-state index is 13.4. The first-order chi connectivity index (χ1) is 20.2. The number of nitrogens with one attached hydrogen (secondary N) is 2. The fraction of sp³-hybridized carbons (Fsp3) is 0.469. The van der Waals surface area contributed by atoms with Gasteiger partial charge in [0.2, 0.25) is 0 Å². The van der Waals surface area contributed by atoms with Gasteiger partial charge >= 0.3 is 0 Å². The number of likely N-dealkylation sites (tertiary alicyclic amines) is 1. The second kappa shape index (κ2) is 12.6. The molecule has 0 bridgehead atoms. The lowest BCUT2D eigenvalue weighted by atomic mass is 9.78. The maximum Gasteiger partial charge on any atom is 0.279 e. The van der Waals surface area contributed by atoms with Crippen molar-refractivity contribution in [1.82, 2.24) is 20.6 Å². The molecule has 222 valence electrons. The Morgan fingerprint density at radius 1 is 1.02 bits per heavy atom. The van der Waals surface area contributed by atoms with Gasteiger partial charge in [-0.1, -0.05) is 24.0 Å². The molecule has 2 unspecified atom stereocenters. The third-order valence-corrected chi connectivity index (χ3v) is 8.29. The van der Waals surface area contributed by atoms with Crippen LogP contribution in [0, 0.1) is 17.3 Å². The molecule has 0 radical (unpaired) electrons. The number of nitrogens with zero attached hydrogens (tertiary/aromatic N) is 2. The van der Waals surface area contributed by atoms with Crippen molar-refractivity contribution in [3.05, 3.63) is 70.8 Å². The van der Waals surface area contributed by atoms with E-state index in [2.05, 4.69) is 39.7 Å². The Bertz CT molecular complexity index is 1350. The second-order valence-electron chi connectivity index (χ2n) is 11.5. The molecular weight excluding hydrogens is 536 g/mol. The average molecular weight is 575 g/mol. The van der Waals surface area contributed by atoms with Gasteiger partial charge in [0.1, 0.15) is 0 Å². The molecule has 3 aliphatic heterocycles. The van der Waals surface area contributed by atoms with Gasteiger partial charge in [-0.3, -0.25) is 19.3 Å². The predicted molar refractivity (Wildman–Crippen MR) is 155 cm³/mol. The molecule has 5 rings (SSSR count). The zero-order valence-electron chi connectivity index (χ0n) is 24.4. The van der Waals surface area contributed by atoms with Crippen LogP contribution in [-0.4, -0.2) is 86.4 Å². The van der Waals surface area contributed by atoms with E-state index in [1.54, 1.807) is 24.3 Å². The van der Waals surface area contributed by atoms with Crippen LogP contribution in [0.25, 0.3) is 0 Å². The minimum Gasteiger partial charge on any atom is -0.380 e. The van der Waals surface area contributed by atoms with Gasteiger partial charge in [0.05, 0.1) is 13.2 Å². The van der Waals surface area contributed by atoms with Crippen LogP contribution in [0.15, 0.2) is 48.5 Å². The van der Waals surface area contributed by atoms with Crippen LogP contribution in [0.3, 0.4) is 0 Å². The van der Waals surface area contributed by atoms with E-state index < -0.39 is 29.6 Å². The van der Waals surface area contributed by atoms with Gasteiger partial charge in [0.25, 0.3) is 17.7 Å². The highest BCUT2D eigenvalue weighted by molar-refractivity contribution is 6.12. The molecule has 0 saturated carbocycles. The molecule has 42 heavy (non-hydrogen) atoms. The van der Waals surface area contributed by atoms with Gasteiger partial charge in [0, 0.05) is 68.9 Å². The Hall–Kier alpha value is -3.75. The van der Waals surface area contributed by atoms with Crippen molar-refractivity contribution in [2.75, 3.05) is 47.0 Å². The second-order valence-corrected chi connectivity index (χ2v) is 11.5. The standard InChI is InChI=1S/C32H38N4O6/c1-31(29(38)33-2,30(39)34-42-27-6-4-5-17-41-27)35(3)28(37)26-15-13-24(14-16-26)8-7-23-9-11-25(12-10-23)18-36-19-32(20-36)21-40-22-32/h9-16,27H,4-6,17-22H2,1-3H3,(H,33,38)(H,34,39). The number of hydroxylamine groups is 1. The van der Waals surface area contributed by atoms with Crippen LogP contribution in [0.5, 0.6) is 0 Å². The normalized spacial score (nSPS) is 20.6. The van der Waals surface area contributed by atoms with Crippen LogP contribution < -0.4 is 10.8 Å². The zero-order valence-corrected chi connectivity index (χ0v) is 24.4. The smallest absolute Gasteiger partial charge is 0.279 e. The minimum absolute atomic E-state index is 0.313. The van der Waals surface area contributed by atoms with Crippen molar-refractivity contribution >= 4 is 17.7 Å². The van der Waals surface area contributed by atoms with Crippen molar-refractivity contribution in [2.45, 2.75) is 44.6 Å². The molecule has 3 amide bonds. The number of carbonyl (C=O) groups is 3. The number of likely N-dealkylation sites (N-methyl/N-ethyl adjacent to an activating group) is 2. The minimum atomic E-state index is -1.87. The van der Waals surface area contributed by atoms with Gasteiger partial charge in [-0.15, -0.1) is 0 Å². The topological polar surface area (TPSA) is 109 Å². The largest absolute Gasteiger partial charge is 0.380 e. The highest BCUT2D eigenvalue weighted by atomic mass is 16.8. The molecule has 2 aromatic rings. The van der Waals surface area contributed by atoms with Crippen LogP contribution in [0.4, 0.5) is 0 Å². The molecule has 3 fully saturated rings. The Labute approximate surface area is 246 Å². The number of carbonyl (C=O) groups excluding carboxylic acids is 3. The van der Waals surface area contributed by atoms with Gasteiger partial charge in [-0.05, 0) is 61.7 Å².